The molecule has 2 aromatic rings. The molecule has 4 nitrogen and oxygen atoms in total. The normalized spacial score (nSPS) is 16.3. The molecule has 1 fully saturated rings. The maximum Gasteiger partial charge on any atom is 0.0416 e. The first-order chi connectivity index (χ1) is 13.2. The van der Waals surface area contributed by atoms with Crippen molar-refractivity contribution in [3.8, 4) is 0 Å². The Morgan fingerprint density at radius 1 is 0.963 bits per heavy atom. The SMILES string of the molecule is CN(C)CCN(Cc1ccccc1)C1CCN(CCc2ccccn2)CC1. The molecule has 0 N–H and O–H groups in total. The van der Waals surface area contributed by atoms with Crippen LogP contribution in [0.2, 0.25) is 0 Å². The van der Waals surface area contributed by atoms with E-state index < -0.39 is 0 Å². The highest BCUT2D eigenvalue weighted by molar-refractivity contribution is 5.14. The summed E-state index contributed by atoms with van der Waals surface area (Å²) in [7, 11) is 4.34. The lowest BCUT2D eigenvalue weighted by Gasteiger charge is -2.39. The summed E-state index contributed by atoms with van der Waals surface area (Å²) in [5, 5.41) is 0. The van der Waals surface area contributed by atoms with Gasteiger partial charge in [-0.1, -0.05) is 36.4 Å². The van der Waals surface area contributed by atoms with Crippen LogP contribution in [-0.4, -0.2) is 72.5 Å². The number of pyridine rings is 1. The summed E-state index contributed by atoms with van der Waals surface area (Å²) in [6, 6.07) is 17.8. The summed E-state index contributed by atoms with van der Waals surface area (Å²) in [4.78, 5) is 12.1. The van der Waals surface area contributed by atoms with Gasteiger partial charge in [-0.2, -0.15) is 0 Å². The van der Waals surface area contributed by atoms with Gasteiger partial charge < -0.3 is 9.80 Å². The lowest BCUT2D eigenvalue weighted by Crippen LogP contribution is -2.46. The second kappa shape index (κ2) is 10.5. The van der Waals surface area contributed by atoms with Crippen LogP contribution in [0.25, 0.3) is 0 Å². The Labute approximate surface area is 164 Å². The smallest absolute Gasteiger partial charge is 0.0416 e. The third-order valence-corrected chi connectivity index (χ3v) is 5.55. The first-order valence-electron chi connectivity index (χ1n) is 10.3. The van der Waals surface area contributed by atoms with E-state index in [1.807, 2.05) is 12.3 Å². The van der Waals surface area contributed by atoms with Crippen molar-refractivity contribution in [2.75, 3.05) is 46.8 Å². The second-order valence-corrected chi connectivity index (χ2v) is 7.90. The monoisotopic (exact) mass is 366 g/mol. The number of aromatic nitrogens is 1. The lowest BCUT2D eigenvalue weighted by molar-refractivity contribution is 0.0967. The Balaban J connectivity index is 1.50. The number of piperidine rings is 1. The predicted octanol–water partition coefficient (Wildman–Crippen LogP) is 3.15. The summed E-state index contributed by atoms with van der Waals surface area (Å²) in [6.45, 7) is 6.84. The molecule has 1 saturated heterocycles. The van der Waals surface area contributed by atoms with Crippen LogP contribution in [0.4, 0.5) is 0 Å². The van der Waals surface area contributed by atoms with Crippen molar-refractivity contribution in [1.29, 1.82) is 0 Å². The third-order valence-electron chi connectivity index (χ3n) is 5.55. The van der Waals surface area contributed by atoms with Crippen LogP contribution >= 0.6 is 0 Å². The average molecular weight is 367 g/mol. The zero-order chi connectivity index (χ0) is 18.9. The van der Waals surface area contributed by atoms with Gasteiger partial charge >= 0.3 is 0 Å². The van der Waals surface area contributed by atoms with E-state index in [9.17, 15) is 0 Å². The van der Waals surface area contributed by atoms with E-state index in [2.05, 4.69) is 76.2 Å². The fraction of sp³-hybridized carbons (Fsp3) is 0.522. The average Bonchev–Trinajstić information content (AvgIpc) is 2.71. The van der Waals surface area contributed by atoms with Crippen LogP contribution in [0.5, 0.6) is 0 Å². The largest absolute Gasteiger partial charge is 0.308 e. The van der Waals surface area contributed by atoms with Gasteiger partial charge in [0.25, 0.3) is 0 Å². The van der Waals surface area contributed by atoms with E-state index in [0.29, 0.717) is 6.04 Å². The molecule has 1 aromatic heterocycles. The van der Waals surface area contributed by atoms with Crippen molar-refractivity contribution < 1.29 is 0 Å². The zero-order valence-electron chi connectivity index (χ0n) is 16.9. The van der Waals surface area contributed by atoms with Gasteiger partial charge in [0, 0.05) is 50.5 Å². The van der Waals surface area contributed by atoms with E-state index in [0.717, 1.165) is 32.6 Å². The fourth-order valence-electron chi connectivity index (χ4n) is 3.86. The molecule has 1 aliphatic rings. The molecular weight excluding hydrogens is 332 g/mol. The Morgan fingerprint density at radius 2 is 1.70 bits per heavy atom. The standard InChI is InChI=1S/C23H34N4/c1-25(2)18-19-27(20-21-8-4-3-5-9-21)23-12-16-26(17-13-23)15-11-22-10-6-7-14-24-22/h3-10,14,23H,11-13,15-20H2,1-2H3. The van der Waals surface area contributed by atoms with Crippen LogP contribution in [0.1, 0.15) is 24.1 Å². The molecule has 0 atom stereocenters. The van der Waals surface area contributed by atoms with E-state index in [1.54, 1.807) is 0 Å². The molecule has 0 unspecified atom stereocenters. The molecule has 27 heavy (non-hydrogen) atoms. The molecule has 3 rings (SSSR count). The van der Waals surface area contributed by atoms with Crippen molar-refractivity contribution in [1.82, 2.24) is 19.7 Å². The Hall–Kier alpha value is -1.75. The maximum absolute atomic E-state index is 4.45. The quantitative estimate of drug-likeness (QED) is 0.680. The van der Waals surface area contributed by atoms with Crippen LogP contribution in [0.3, 0.4) is 0 Å². The van der Waals surface area contributed by atoms with Gasteiger partial charge in [0.15, 0.2) is 0 Å². The van der Waals surface area contributed by atoms with Crippen molar-refractivity contribution in [2.24, 2.45) is 0 Å². The van der Waals surface area contributed by atoms with Crippen molar-refractivity contribution in [2.45, 2.75) is 31.8 Å². The molecule has 4 heteroatoms. The van der Waals surface area contributed by atoms with Crippen LogP contribution in [-0.2, 0) is 13.0 Å². The van der Waals surface area contributed by atoms with Crippen molar-refractivity contribution >= 4 is 0 Å². The number of hydrogen-bond acceptors (Lipinski definition) is 4. The van der Waals surface area contributed by atoms with Gasteiger partial charge in [-0.3, -0.25) is 9.88 Å². The molecule has 0 radical (unpaired) electrons. The molecule has 0 aliphatic carbocycles. The molecular formula is C23H34N4. The van der Waals surface area contributed by atoms with Gasteiger partial charge in [-0.05, 0) is 57.7 Å². The minimum absolute atomic E-state index is 0.691. The van der Waals surface area contributed by atoms with Gasteiger partial charge in [0.1, 0.15) is 0 Å². The molecule has 146 valence electrons. The van der Waals surface area contributed by atoms with E-state index >= 15 is 0 Å². The van der Waals surface area contributed by atoms with Crippen LogP contribution in [0.15, 0.2) is 54.7 Å². The van der Waals surface area contributed by atoms with Crippen LogP contribution in [0, 0.1) is 0 Å². The number of rotatable bonds is 9. The predicted molar refractivity (Wildman–Crippen MR) is 113 cm³/mol. The number of likely N-dealkylation sites (tertiary alicyclic amines) is 1. The minimum Gasteiger partial charge on any atom is -0.308 e. The Kier molecular flexibility index (Phi) is 7.81. The summed E-state index contributed by atoms with van der Waals surface area (Å²) in [5.41, 5.74) is 2.63. The highest BCUT2D eigenvalue weighted by atomic mass is 15.2. The molecule has 0 bridgehead atoms. The Morgan fingerprint density at radius 3 is 2.37 bits per heavy atom. The highest BCUT2D eigenvalue weighted by Gasteiger charge is 2.24. The first-order valence-corrected chi connectivity index (χ1v) is 10.3. The summed E-state index contributed by atoms with van der Waals surface area (Å²) in [5.74, 6) is 0. The number of likely N-dealkylation sites (N-methyl/N-ethyl adjacent to an activating group) is 1. The first kappa shape index (κ1) is 20.0. The van der Waals surface area contributed by atoms with Gasteiger partial charge in [-0.15, -0.1) is 0 Å². The minimum atomic E-state index is 0.691. The maximum atomic E-state index is 4.45. The number of nitrogens with zero attached hydrogens (tertiary/aromatic N) is 4. The topological polar surface area (TPSA) is 22.6 Å². The second-order valence-electron chi connectivity index (χ2n) is 7.90. The van der Waals surface area contributed by atoms with Crippen molar-refractivity contribution in [3.05, 3.63) is 66.0 Å². The van der Waals surface area contributed by atoms with Crippen LogP contribution < -0.4 is 0 Å². The molecule has 1 aliphatic heterocycles. The van der Waals surface area contributed by atoms with E-state index in [1.165, 1.54) is 37.2 Å². The molecule has 2 heterocycles. The Bertz CT molecular complexity index is 636. The summed E-state index contributed by atoms with van der Waals surface area (Å²) < 4.78 is 0. The molecule has 0 saturated carbocycles. The van der Waals surface area contributed by atoms with E-state index in [-0.39, 0.29) is 0 Å². The summed E-state index contributed by atoms with van der Waals surface area (Å²) >= 11 is 0. The number of hydrogen-bond donors (Lipinski definition) is 0. The summed E-state index contributed by atoms with van der Waals surface area (Å²) in [6.07, 6.45) is 5.48. The molecule has 0 amide bonds. The van der Waals surface area contributed by atoms with Gasteiger partial charge in [-0.25, -0.2) is 0 Å². The van der Waals surface area contributed by atoms with E-state index in [4.69, 9.17) is 0 Å². The zero-order valence-corrected chi connectivity index (χ0v) is 16.9. The highest BCUT2D eigenvalue weighted by Crippen LogP contribution is 2.19. The molecule has 1 aromatic carbocycles. The molecule has 0 spiro atoms. The third kappa shape index (κ3) is 6.73. The lowest BCUT2D eigenvalue weighted by atomic mass is 10.0. The van der Waals surface area contributed by atoms with Gasteiger partial charge in [0.2, 0.25) is 0 Å². The van der Waals surface area contributed by atoms with Gasteiger partial charge in [0.05, 0.1) is 0 Å². The fourth-order valence-corrected chi connectivity index (χ4v) is 3.86. The number of benzene rings is 1. The van der Waals surface area contributed by atoms with Crippen molar-refractivity contribution in [3.63, 3.8) is 0 Å².